The van der Waals surface area contributed by atoms with Crippen molar-refractivity contribution in [1.29, 1.82) is 0 Å². The zero-order valence-corrected chi connectivity index (χ0v) is 8.03. The lowest BCUT2D eigenvalue weighted by molar-refractivity contribution is -0.0246. The van der Waals surface area contributed by atoms with Crippen LogP contribution in [0.15, 0.2) is 24.3 Å². The van der Waals surface area contributed by atoms with Crippen molar-refractivity contribution in [2.75, 3.05) is 5.32 Å². The van der Waals surface area contributed by atoms with Crippen LogP contribution in [0.25, 0.3) is 0 Å². The minimum Gasteiger partial charge on any atom is -0.380 e. The molecule has 1 saturated heterocycles. The van der Waals surface area contributed by atoms with E-state index in [9.17, 15) is 5.11 Å². The summed E-state index contributed by atoms with van der Waals surface area (Å²) < 4.78 is 5.61. The number of ether oxygens (including phenoxy) is 1. The van der Waals surface area contributed by atoms with Gasteiger partial charge in [-0.05, 0) is 13.0 Å². The average molecular weight is 191 g/mol. The maximum Gasteiger partial charge on any atom is 0.161 e. The lowest BCUT2D eigenvalue weighted by atomic mass is 9.91. The van der Waals surface area contributed by atoms with Crippen LogP contribution in [0.2, 0.25) is 0 Å². The van der Waals surface area contributed by atoms with E-state index in [0.29, 0.717) is 6.42 Å². The molecule has 0 unspecified atom stereocenters. The summed E-state index contributed by atoms with van der Waals surface area (Å²) in [6.07, 6.45) is 0.516. The number of hydrogen-bond acceptors (Lipinski definition) is 3. The van der Waals surface area contributed by atoms with Gasteiger partial charge in [0.05, 0.1) is 6.10 Å². The van der Waals surface area contributed by atoms with Crippen molar-refractivity contribution in [3.8, 4) is 0 Å². The standard InChI is InChI=1S/C11H13NO2/c1-7-6-11(13)8-4-2-3-5-9(8)12-10(11)14-7/h2-5,7,10,12-13H,6H2,1H3/t7-,10-,11-/m1/s1. The lowest BCUT2D eigenvalue weighted by Crippen LogP contribution is -2.33. The summed E-state index contributed by atoms with van der Waals surface area (Å²) in [4.78, 5) is 0. The smallest absolute Gasteiger partial charge is 0.161 e. The van der Waals surface area contributed by atoms with Crippen LogP contribution in [-0.2, 0) is 10.3 Å². The van der Waals surface area contributed by atoms with Gasteiger partial charge in [0.1, 0.15) is 5.60 Å². The molecule has 3 nitrogen and oxygen atoms in total. The quantitative estimate of drug-likeness (QED) is 0.652. The molecule has 0 aliphatic carbocycles. The highest BCUT2D eigenvalue weighted by molar-refractivity contribution is 5.60. The third-order valence-corrected chi connectivity index (χ3v) is 3.08. The molecule has 1 fully saturated rings. The molecule has 2 aliphatic heterocycles. The van der Waals surface area contributed by atoms with E-state index in [1.807, 2.05) is 31.2 Å². The van der Waals surface area contributed by atoms with Gasteiger partial charge in [-0.25, -0.2) is 0 Å². The van der Waals surface area contributed by atoms with Crippen LogP contribution >= 0.6 is 0 Å². The largest absolute Gasteiger partial charge is 0.380 e. The molecule has 3 atom stereocenters. The Bertz CT molecular complexity index is 379. The van der Waals surface area contributed by atoms with E-state index >= 15 is 0 Å². The molecule has 2 aliphatic rings. The molecule has 0 aromatic heterocycles. The second kappa shape index (κ2) is 2.49. The van der Waals surface area contributed by atoms with Gasteiger partial charge in [-0.1, -0.05) is 18.2 Å². The Balaban J connectivity index is 2.11. The number of aliphatic hydroxyl groups is 1. The third kappa shape index (κ3) is 0.885. The van der Waals surface area contributed by atoms with E-state index in [1.165, 1.54) is 0 Å². The Morgan fingerprint density at radius 3 is 3.14 bits per heavy atom. The van der Waals surface area contributed by atoms with Crippen LogP contribution in [-0.4, -0.2) is 17.4 Å². The Labute approximate surface area is 82.7 Å². The van der Waals surface area contributed by atoms with Crippen LogP contribution in [0.5, 0.6) is 0 Å². The molecule has 14 heavy (non-hydrogen) atoms. The van der Waals surface area contributed by atoms with Crippen molar-refractivity contribution < 1.29 is 9.84 Å². The van der Waals surface area contributed by atoms with Gasteiger partial charge < -0.3 is 15.2 Å². The SMILES string of the molecule is C[C@@H]1C[C@@]2(O)c3ccccc3N[C@@H]2O1. The predicted molar refractivity (Wildman–Crippen MR) is 52.9 cm³/mol. The van der Waals surface area contributed by atoms with Gasteiger partial charge in [0.25, 0.3) is 0 Å². The Morgan fingerprint density at radius 1 is 1.50 bits per heavy atom. The van der Waals surface area contributed by atoms with Gasteiger partial charge in [-0.15, -0.1) is 0 Å². The average Bonchev–Trinajstić information content (AvgIpc) is 2.55. The van der Waals surface area contributed by atoms with Crippen molar-refractivity contribution >= 4 is 5.69 Å². The van der Waals surface area contributed by atoms with Crippen LogP contribution in [0.4, 0.5) is 5.69 Å². The van der Waals surface area contributed by atoms with Gasteiger partial charge in [0.15, 0.2) is 6.23 Å². The summed E-state index contributed by atoms with van der Waals surface area (Å²) in [7, 11) is 0. The van der Waals surface area contributed by atoms with Crippen molar-refractivity contribution in [1.82, 2.24) is 0 Å². The first-order chi connectivity index (χ1) is 6.70. The van der Waals surface area contributed by atoms with E-state index < -0.39 is 5.60 Å². The first kappa shape index (κ1) is 8.26. The summed E-state index contributed by atoms with van der Waals surface area (Å²) in [5.74, 6) is 0. The molecule has 3 rings (SSSR count). The number of hydrogen-bond donors (Lipinski definition) is 2. The highest BCUT2D eigenvalue weighted by Crippen LogP contribution is 2.47. The number of nitrogens with one attached hydrogen (secondary N) is 1. The van der Waals surface area contributed by atoms with E-state index in [2.05, 4.69) is 5.32 Å². The molecule has 0 bridgehead atoms. The number of rotatable bonds is 0. The fourth-order valence-electron chi connectivity index (χ4n) is 2.47. The minimum atomic E-state index is -0.823. The van der Waals surface area contributed by atoms with Gasteiger partial charge in [0.2, 0.25) is 0 Å². The lowest BCUT2D eigenvalue weighted by Gasteiger charge is -2.20. The number of fused-ring (bicyclic) bond motifs is 3. The molecule has 2 heterocycles. The van der Waals surface area contributed by atoms with Crippen molar-refractivity contribution in [2.24, 2.45) is 0 Å². The monoisotopic (exact) mass is 191 g/mol. The molecular weight excluding hydrogens is 178 g/mol. The Hall–Kier alpha value is -1.06. The van der Waals surface area contributed by atoms with Gasteiger partial charge in [-0.3, -0.25) is 0 Å². The Kier molecular flexibility index (Phi) is 1.47. The molecule has 74 valence electrons. The molecule has 0 amide bonds. The van der Waals surface area contributed by atoms with Crippen LogP contribution in [0.1, 0.15) is 18.9 Å². The topological polar surface area (TPSA) is 41.5 Å². The zero-order chi connectivity index (χ0) is 9.76. The molecule has 1 aromatic carbocycles. The molecule has 0 radical (unpaired) electrons. The highest BCUT2D eigenvalue weighted by atomic mass is 16.5. The van der Waals surface area contributed by atoms with E-state index in [1.54, 1.807) is 0 Å². The third-order valence-electron chi connectivity index (χ3n) is 3.08. The van der Waals surface area contributed by atoms with Gasteiger partial charge >= 0.3 is 0 Å². The molecule has 1 aromatic rings. The highest BCUT2D eigenvalue weighted by Gasteiger charge is 2.52. The summed E-state index contributed by atoms with van der Waals surface area (Å²) in [5, 5.41) is 13.7. The van der Waals surface area contributed by atoms with E-state index in [0.717, 1.165) is 11.3 Å². The van der Waals surface area contributed by atoms with Crippen molar-refractivity contribution in [2.45, 2.75) is 31.3 Å². The predicted octanol–water partition coefficient (Wildman–Crippen LogP) is 1.43. The maximum atomic E-state index is 10.5. The normalized spacial score (nSPS) is 39.0. The summed E-state index contributed by atoms with van der Waals surface area (Å²) in [6.45, 7) is 1.99. The van der Waals surface area contributed by atoms with Gasteiger partial charge in [-0.2, -0.15) is 0 Å². The first-order valence-corrected chi connectivity index (χ1v) is 4.94. The van der Waals surface area contributed by atoms with Gasteiger partial charge in [0, 0.05) is 17.7 Å². The molecule has 3 heteroatoms. The van der Waals surface area contributed by atoms with E-state index in [-0.39, 0.29) is 12.3 Å². The second-order valence-corrected chi connectivity index (χ2v) is 4.15. The van der Waals surface area contributed by atoms with Crippen molar-refractivity contribution in [3.05, 3.63) is 29.8 Å². The maximum absolute atomic E-state index is 10.5. The Morgan fingerprint density at radius 2 is 2.29 bits per heavy atom. The second-order valence-electron chi connectivity index (χ2n) is 4.15. The first-order valence-electron chi connectivity index (χ1n) is 4.94. The fourth-order valence-corrected chi connectivity index (χ4v) is 2.47. The minimum absolute atomic E-state index is 0.117. The summed E-state index contributed by atoms with van der Waals surface area (Å²) >= 11 is 0. The number of anilines is 1. The van der Waals surface area contributed by atoms with Crippen molar-refractivity contribution in [3.63, 3.8) is 0 Å². The van der Waals surface area contributed by atoms with Crippen LogP contribution < -0.4 is 5.32 Å². The molecule has 2 N–H and O–H groups in total. The van der Waals surface area contributed by atoms with E-state index in [4.69, 9.17) is 4.74 Å². The fraction of sp³-hybridized carbons (Fsp3) is 0.455. The van der Waals surface area contributed by atoms with Crippen LogP contribution in [0, 0.1) is 0 Å². The number of para-hydroxylation sites is 1. The summed E-state index contributed by atoms with van der Waals surface area (Å²) in [6, 6.07) is 7.84. The summed E-state index contributed by atoms with van der Waals surface area (Å²) in [5.41, 5.74) is 1.14. The van der Waals surface area contributed by atoms with Crippen LogP contribution in [0.3, 0.4) is 0 Å². The molecule has 0 saturated carbocycles. The molecule has 0 spiro atoms. The zero-order valence-electron chi connectivity index (χ0n) is 8.03. The molecular formula is C11H13NO2. The number of benzene rings is 1.